The zero-order chi connectivity index (χ0) is 16.7. The molecular formula is C15H20N2O5S. The van der Waals surface area contributed by atoms with E-state index in [2.05, 4.69) is 16.6 Å². The maximum atomic E-state index is 12.2. The van der Waals surface area contributed by atoms with Gasteiger partial charge in [0.2, 0.25) is 15.9 Å². The number of amides is 1. The Balaban J connectivity index is 1.98. The second-order valence-electron chi connectivity index (χ2n) is 4.90. The average Bonchev–Trinajstić information content (AvgIpc) is 2.77. The maximum absolute atomic E-state index is 12.2. The van der Waals surface area contributed by atoms with E-state index in [4.69, 9.17) is 9.47 Å². The number of sulfonamides is 1. The summed E-state index contributed by atoms with van der Waals surface area (Å²) in [5, 5.41) is 2.58. The van der Waals surface area contributed by atoms with Crippen LogP contribution in [-0.2, 0) is 14.8 Å². The SMILES string of the molecule is C=CCNC(=O)CCNS(=O)(=O)c1ccc2c(c1)OCCCO2. The van der Waals surface area contributed by atoms with Crippen molar-refractivity contribution in [2.75, 3.05) is 26.3 Å². The van der Waals surface area contributed by atoms with Crippen LogP contribution in [0.2, 0.25) is 0 Å². The van der Waals surface area contributed by atoms with E-state index in [0.29, 0.717) is 31.3 Å². The number of hydrogen-bond acceptors (Lipinski definition) is 5. The highest BCUT2D eigenvalue weighted by molar-refractivity contribution is 7.89. The molecule has 0 aromatic heterocycles. The molecule has 0 aliphatic carbocycles. The molecule has 7 nitrogen and oxygen atoms in total. The molecule has 0 fully saturated rings. The van der Waals surface area contributed by atoms with E-state index in [0.717, 1.165) is 6.42 Å². The van der Waals surface area contributed by atoms with Crippen molar-refractivity contribution in [2.24, 2.45) is 0 Å². The first-order valence-electron chi connectivity index (χ1n) is 7.30. The molecule has 0 unspecified atom stereocenters. The van der Waals surface area contributed by atoms with Gasteiger partial charge in [0.1, 0.15) is 0 Å². The summed E-state index contributed by atoms with van der Waals surface area (Å²) in [7, 11) is -3.71. The van der Waals surface area contributed by atoms with Crippen LogP contribution in [0.25, 0.3) is 0 Å². The molecule has 1 aromatic rings. The van der Waals surface area contributed by atoms with Crippen molar-refractivity contribution in [3.05, 3.63) is 30.9 Å². The fraction of sp³-hybridized carbons (Fsp3) is 0.400. The molecule has 0 saturated carbocycles. The number of nitrogens with one attached hydrogen (secondary N) is 2. The Hall–Kier alpha value is -2.06. The van der Waals surface area contributed by atoms with Gasteiger partial charge in [-0.3, -0.25) is 4.79 Å². The van der Waals surface area contributed by atoms with Crippen LogP contribution >= 0.6 is 0 Å². The van der Waals surface area contributed by atoms with E-state index in [1.807, 2.05) is 0 Å². The first-order valence-corrected chi connectivity index (χ1v) is 8.78. The van der Waals surface area contributed by atoms with E-state index >= 15 is 0 Å². The second kappa shape index (κ2) is 7.98. The zero-order valence-electron chi connectivity index (χ0n) is 12.7. The first-order chi connectivity index (χ1) is 11.0. The number of carbonyl (C=O) groups is 1. The van der Waals surface area contributed by atoms with Crippen molar-refractivity contribution in [1.82, 2.24) is 10.0 Å². The lowest BCUT2D eigenvalue weighted by Gasteiger charge is -2.10. The Bertz CT molecular complexity index is 672. The van der Waals surface area contributed by atoms with E-state index < -0.39 is 10.0 Å². The molecule has 23 heavy (non-hydrogen) atoms. The Morgan fingerprint density at radius 2 is 2.00 bits per heavy atom. The van der Waals surface area contributed by atoms with Crippen molar-refractivity contribution >= 4 is 15.9 Å². The third kappa shape index (κ3) is 4.97. The van der Waals surface area contributed by atoms with Crippen LogP contribution in [0.1, 0.15) is 12.8 Å². The average molecular weight is 340 g/mol. The summed E-state index contributed by atoms with van der Waals surface area (Å²) in [4.78, 5) is 11.5. The summed E-state index contributed by atoms with van der Waals surface area (Å²) >= 11 is 0. The molecule has 0 bridgehead atoms. The largest absolute Gasteiger partial charge is 0.490 e. The van der Waals surface area contributed by atoms with Crippen LogP contribution in [0.15, 0.2) is 35.7 Å². The number of carbonyl (C=O) groups excluding carboxylic acids is 1. The molecule has 1 aromatic carbocycles. The van der Waals surface area contributed by atoms with Gasteiger partial charge in [-0.25, -0.2) is 13.1 Å². The number of hydrogen-bond donors (Lipinski definition) is 2. The highest BCUT2D eigenvalue weighted by atomic mass is 32.2. The predicted octanol–water partition coefficient (Wildman–Crippen LogP) is 0.819. The summed E-state index contributed by atoms with van der Waals surface area (Å²) in [5.41, 5.74) is 0. The van der Waals surface area contributed by atoms with Gasteiger partial charge in [0.25, 0.3) is 0 Å². The Morgan fingerprint density at radius 1 is 1.26 bits per heavy atom. The van der Waals surface area contributed by atoms with Gasteiger partial charge in [-0.05, 0) is 12.1 Å². The van der Waals surface area contributed by atoms with Gasteiger partial charge in [0.05, 0.1) is 18.1 Å². The monoisotopic (exact) mass is 340 g/mol. The molecule has 1 heterocycles. The minimum atomic E-state index is -3.71. The zero-order valence-corrected chi connectivity index (χ0v) is 13.5. The van der Waals surface area contributed by atoms with E-state index in [1.54, 1.807) is 12.1 Å². The van der Waals surface area contributed by atoms with Gasteiger partial charge in [-0.2, -0.15) is 0 Å². The third-order valence-electron chi connectivity index (χ3n) is 3.12. The minimum Gasteiger partial charge on any atom is -0.490 e. The quantitative estimate of drug-likeness (QED) is 0.717. The molecule has 1 amide bonds. The first kappa shape index (κ1) is 17.3. The van der Waals surface area contributed by atoms with Crippen molar-refractivity contribution in [3.63, 3.8) is 0 Å². The van der Waals surface area contributed by atoms with E-state index in [9.17, 15) is 13.2 Å². The fourth-order valence-corrected chi connectivity index (χ4v) is 3.01. The highest BCUT2D eigenvalue weighted by Gasteiger charge is 2.18. The maximum Gasteiger partial charge on any atom is 0.240 e. The molecule has 1 aliphatic rings. The predicted molar refractivity (Wildman–Crippen MR) is 85.1 cm³/mol. The number of rotatable bonds is 7. The molecule has 2 rings (SSSR count). The lowest BCUT2D eigenvalue weighted by molar-refractivity contribution is -0.120. The highest BCUT2D eigenvalue weighted by Crippen LogP contribution is 2.31. The minimum absolute atomic E-state index is 0.0136. The van der Waals surface area contributed by atoms with Crippen molar-refractivity contribution in [3.8, 4) is 11.5 Å². The second-order valence-corrected chi connectivity index (χ2v) is 6.67. The summed E-state index contributed by atoms with van der Waals surface area (Å²) in [5.74, 6) is 0.700. The number of benzene rings is 1. The summed E-state index contributed by atoms with van der Waals surface area (Å²) < 4.78 is 37.8. The number of fused-ring (bicyclic) bond motifs is 1. The van der Waals surface area contributed by atoms with Crippen LogP contribution in [0.5, 0.6) is 11.5 Å². The van der Waals surface area contributed by atoms with E-state index in [-0.39, 0.29) is 23.8 Å². The molecule has 8 heteroatoms. The molecule has 0 saturated heterocycles. The van der Waals surface area contributed by atoms with Crippen LogP contribution in [0.3, 0.4) is 0 Å². The van der Waals surface area contributed by atoms with Crippen LogP contribution in [0, 0.1) is 0 Å². The standard InChI is InChI=1S/C15H20N2O5S/c1-2-7-16-15(18)6-8-17-23(19,20)12-4-5-13-14(11-12)22-10-3-9-21-13/h2,4-5,11,17H,1,3,6-10H2,(H,16,18). The lowest BCUT2D eigenvalue weighted by Crippen LogP contribution is -2.30. The van der Waals surface area contributed by atoms with Gasteiger partial charge < -0.3 is 14.8 Å². The van der Waals surface area contributed by atoms with Gasteiger partial charge in [-0.1, -0.05) is 6.08 Å². The van der Waals surface area contributed by atoms with Crippen molar-refractivity contribution < 1.29 is 22.7 Å². The molecule has 0 spiro atoms. The van der Waals surface area contributed by atoms with Gasteiger partial charge in [0.15, 0.2) is 11.5 Å². The Morgan fingerprint density at radius 3 is 2.74 bits per heavy atom. The van der Waals surface area contributed by atoms with Gasteiger partial charge in [0, 0.05) is 32.0 Å². The van der Waals surface area contributed by atoms with Crippen LogP contribution in [-0.4, -0.2) is 40.6 Å². The smallest absolute Gasteiger partial charge is 0.240 e. The molecule has 0 atom stereocenters. The lowest BCUT2D eigenvalue weighted by atomic mass is 10.3. The van der Waals surface area contributed by atoms with E-state index in [1.165, 1.54) is 12.1 Å². The Labute approximate surface area is 135 Å². The third-order valence-corrected chi connectivity index (χ3v) is 4.58. The molecule has 1 aliphatic heterocycles. The molecular weight excluding hydrogens is 320 g/mol. The van der Waals surface area contributed by atoms with Gasteiger partial charge >= 0.3 is 0 Å². The fourth-order valence-electron chi connectivity index (χ4n) is 1.97. The number of ether oxygens (including phenoxy) is 2. The van der Waals surface area contributed by atoms with Crippen LogP contribution in [0.4, 0.5) is 0 Å². The summed E-state index contributed by atoms with van der Waals surface area (Å²) in [6, 6.07) is 4.46. The molecule has 0 radical (unpaired) electrons. The van der Waals surface area contributed by atoms with Gasteiger partial charge in [-0.15, -0.1) is 6.58 Å². The Kier molecular flexibility index (Phi) is 6.00. The van der Waals surface area contributed by atoms with Crippen LogP contribution < -0.4 is 19.5 Å². The topological polar surface area (TPSA) is 93.7 Å². The van der Waals surface area contributed by atoms with Crippen molar-refractivity contribution in [1.29, 1.82) is 0 Å². The van der Waals surface area contributed by atoms with Crippen molar-refractivity contribution in [2.45, 2.75) is 17.7 Å². The summed E-state index contributed by atoms with van der Waals surface area (Å²) in [6.45, 7) is 4.87. The normalized spacial score (nSPS) is 13.9. The molecule has 126 valence electrons. The molecule has 2 N–H and O–H groups in total. The summed E-state index contributed by atoms with van der Waals surface area (Å²) in [6.07, 6.45) is 2.35.